The van der Waals surface area contributed by atoms with Crippen molar-refractivity contribution in [3.8, 4) is 5.75 Å². The van der Waals surface area contributed by atoms with Crippen molar-refractivity contribution in [2.24, 2.45) is 4.99 Å². The fourth-order valence-electron chi connectivity index (χ4n) is 2.83. The average Bonchev–Trinajstić information content (AvgIpc) is 2.79. The SMILES string of the molecule is CN=C(NCCc1cccc(C(=O)N(C)C)c1)NCC(=O)NCc1ccc(OC)cc1.I. The number of halogens is 1. The summed E-state index contributed by atoms with van der Waals surface area (Å²) in [5.74, 6) is 1.17. The van der Waals surface area contributed by atoms with Crippen LogP contribution in [0.25, 0.3) is 0 Å². The Kier molecular flexibility index (Phi) is 12.1. The van der Waals surface area contributed by atoms with Gasteiger partial charge in [0.25, 0.3) is 5.91 Å². The van der Waals surface area contributed by atoms with Crippen molar-refractivity contribution in [1.82, 2.24) is 20.9 Å². The van der Waals surface area contributed by atoms with Gasteiger partial charge in [-0.15, -0.1) is 24.0 Å². The Morgan fingerprint density at radius 2 is 1.72 bits per heavy atom. The van der Waals surface area contributed by atoms with Gasteiger partial charge in [0, 0.05) is 39.8 Å². The smallest absolute Gasteiger partial charge is 0.253 e. The summed E-state index contributed by atoms with van der Waals surface area (Å²) in [5.41, 5.74) is 2.71. The van der Waals surface area contributed by atoms with Crippen molar-refractivity contribution < 1.29 is 14.3 Å². The highest BCUT2D eigenvalue weighted by atomic mass is 127. The second-order valence-electron chi connectivity index (χ2n) is 7.13. The molecule has 0 saturated heterocycles. The molecule has 0 bridgehead atoms. The average molecular weight is 553 g/mol. The lowest BCUT2D eigenvalue weighted by atomic mass is 10.1. The van der Waals surface area contributed by atoms with E-state index in [1.54, 1.807) is 33.2 Å². The maximum Gasteiger partial charge on any atom is 0.253 e. The number of carbonyl (C=O) groups is 2. The van der Waals surface area contributed by atoms with Crippen molar-refractivity contribution >= 4 is 41.8 Å². The van der Waals surface area contributed by atoms with Crippen LogP contribution < -0.4 is 20.7 Å². The second-order valence-corrected chi connectivity index (χ2v) is 7.13. The lowest BCUT2D eigenvalue weighted by Gasteiger charge is -2.13. The summed E-state index contributed by atoms with van der Waals surface area (Å²) in [6.45, 7) is 1.17. The number of guanidine groups is 1. The zero-order valence-electron chi connectivity index (χ0n) is 19.0. The number of amides is 2. The third kappa shape index (κ3) is 9.13. The van der Waals surface area contributed by atoms with Crippen molar-refractivity contribution in [3.63, 3.8) is 0 Å². The van der Waals surface area contributed by atoms with E-state index in [9.17, 15) is 9.59 Å². The predicted molar refractivity (Wildman–Crippen MR) is 138 cm³/mol. The molecule has 0 heterocycles. The normalized spacial score (nSPS) is 10.6. The molecule has 8 nitrogen and oxygen atoms in total. The van der Waals surface area contributed by atoms with E-state index >= 15 is 0 Å². The number of carbonyl (C=O) groups excluding carboxylic acids is 2. The molecule has 2 aromatic carbocycles. The molecule has 0 radical (unpaired) electrons. The van der Waals surface area contributed by atoms with Gasteiger partial charge in [-0.2, -0.15) is 0 Å². The highest BCUT2D eigenvalue weighted by Crippen LogP contribution is 2.11. The van der Waals surface area contributed by atoms with Crippen LogP contribution in [0, 0.1) is 0 Å². The maximum absolute atomic E-state index is 12.1. The Labute approximate surface area is 206 Å². The summed E-state index contributed by atoms with van der Waals surface area (Å²) in [4.78, 5) is 29.9. The van der Waals surface area contributed by atoms with Crippen molar-refractivity contribution in [2.45, 2.75) is 13.0 Å². The van der Waals surface area contributed by atoms with E-state index in [2.05, 4.69) is 20.9 Å². The molecule has 3 N–H and O–H groups in total. The number of aliphatic imine (C=N–C) groups is 1. The highest BCUT2D eigenvalue weighted by Gasteiger charge is 2.08. The molecule has 0 aliphatic carbocycles. The number of nitrogens with zero attached hydrogens (tertiary/aromatic N) is 2. The Balaban J connectivity index is 0.00000512. The summed E-state index contributed by atoms with van der Waals surface area (Å²) in [6.07, 6.45) is 0.721. The number of rotatable bonds is 9. The van der Waals surface area contributed by atoms with Gasteiger partial charge in [0.2, 0.25) is 5.91 Å². The molecule has 0 aromatic heterocycles. The molecular weight excluding hydrogens is 521 g/mol. The van der Waals surface area contributed by atoms with Gasteiger partial charge in [-0.3, -0.25) is 14.6 Å². The van der Waals surface area contributed by atoms with E-state index in [-0.39, 0.29) is 42.3 Å². The van der Waals surface area contributed by atoms with Crippen molar-refractivity contribution in [1.29, 1.82) is 0 Å². The number of benzene rings is 2. The second kappa shape index (κ2) is 14.3. The van der Waals surface area contributed by atoms with Crippen molar-refractivity contribution in [3.05, 3.63) is 65.2 Å². The van der Waals surface area contributed by atoms with Gasteiger partial charge >= 0.3 is 0 Å². The lowest BCUT2D eigenvalue weighted by molar-refractivity contribution is -0.120. The first-order valence-corrected chi connectivity index (χ1v) is 10.1. The van der Waals surface area contributed by atoms with Gasteiger partial charge in [-0.25, -0.2) is 0 Å². The van der Waals surface area contributed by atoms with Gasteiger partial charge in [0.05, 0.1) is 13.7 Å². The topological polar surface area (TPSA) is 95.1 Å². The number of hydrogen-bond donors (Lipinski definition) is 3. The van der Waals surface area contributed by atoms with E-state index in [1.807, 2.05) is 48.5 Å². The predicted octanol–water partition coefficient (Wildman–Crippen LogP) is 2.04. The minimum Gasteiger partial charge on any atom is -0.497 e. The number of nitrogens with one attached hydrogen (secondary N) is 3. The maximum atomic E-state index is 12.1. The van der Waals surface area contributed by atoms with E-state index in [1.165, 1.54) is 0 Å². The first kappa shape index (κ1) is 27.2. The minimum absolute atomic E-state index is 0. The third-order valence-electron chi connectivity index (χ3n) is 4.57. The number of ether oxygens (including phenoxy) is 1. The molecule has 32 heavy (non-hydrogen) atoms. The van der Waals surface area contributed by atoms with Crippen LogP contribution in [0.15, 0.2) is 53.5 Å². The van der Waals surface area contributed by atoms with Crippen LogP contribution in [-0.4, -0.2) is 64.0 Å². The summed E-state index contributed by atoms with van der Waals surface area (Å²) < 4.78 is 5.12. The Hall–Kier alpha value is -2.82. The summed E-state index contributed by atoms with van der Waals surface area (Å²) >= 11 is 0. The van der Waals surface area contributed by atoms with E-state index in [4.69, 9.17) is 4.74 Å². The van der Waals surface area contributed by atoms with Gasteiger partial charge in [-0.1, -0.05) is 24.3 Å². The van der Waals surface area contributed by atoms with E-state index in [0.29, 0.717) is 24.6 Å². The first-order valence-electron chi connectivity index (χ1n) is 10.1. The zero-order valence-corrected chi connectivity index (χ0v) is 21.3. The quantitative estimate of drug-likeness (QED) is 0.251. The van der Waals surface area contributed by atoms with Crippen LogP contribution in [0.5, 0.6) is 5.75 Å². The molecule has 0 atom stereocenters. The van der Waals surface area contributed by atoms with Crippen molar-refractivity contribution in [2.75, 3.05) is 41.3 Å². The monoisotopic (exact) mass is 553 g/mol. The Morgan fingerprint density at radius 1 is 1.00 bits per heavy atom. The summed E-state index contributed by atoms with van der Waals surface area (Å²) in [6, 6.07) is 15.1. The molecule has 0 unspecified atom stereocenters. The zero-order chi connectivity index (χ0) is 22.6. The molecule has 174 valence electrons. The minimum atomic E-state index is -0.131. The number of methoxy groups -OCH3 is 1. The van der Waals surface area contributed by atoms with Crippen LogP contribution in [-0.2, 0) is 17.8 Å². The Morgan fingerprint density at radius 3 is 2.34 bits per heavy atom. The molecule has 0 aliphatic heterocycles. The largest absolute Gasteiger partial charge is 0.497 e. The van der Waals surface area contributed by atoms with Gasteiger partial charge < -0.3 is 25.6 Å². The van der Waals surface area contributed by atoms with E-state index < -0.39 is 0 Å². The van der Waals surface area contributed by atoms with Crippen LogP contribution in [0.3, 0.4) is 0 Å². The highest BCUT2D eigenvalue weighted by molar-refractivity contribution is 14.0. The summed E-state index contributed by atoms with van der Waals surface area (Å²) in [5, 5.41) is 9.04. The standard InChI is InChI=1S/C23H31N5O3.HI/c1-24-23(25-13-12-17-6-5-7-19(14-17)22(30)28(2)3)27-16-21(29)26-15-18-8-10-20(31-4)11-9-18;/h5-11,14H,12-13,15-16H2,1-4H3,(H,26,29)(H2,24,25,27);1H. The van der Waals surface area contributed by atoms with Crippen LogP contribution in [0.1, 0.15) is 21.5 Å². The lowest BCUT2D eigenvalue weighted by Crippen LogP contribution is -2.43. The molecular formula is C23H32IN5O3. The first-order chi connectivity index (χ1) is 14.9. The molecule has 2 amide bonds. The molecule has 2 aromatic rings. The van der Waals surface area contributed by atoms with Crippen LogP contribution in [0.2, 0.25) is 0 Å². The molecule has 0 saturated carbocycles. The third-order valence-corrected chi connectivity index (χ3v) is 4.57. The van der Waals surface area contributed by atoms with Crippen LogP contribution in [0.4, 0.5) is 0 Å². The van der Waals surface area contributed by atoms with Gasteiger partial charge in [-0.05, 0) is 41.8 Å². The Bertz CT molecular complexity index is 901. The molecule has 0 spiro atoms. The van der Waals surface area contributed by atoms with E-state index in [0.717, 1.165) is 23.3 Å². The van der Waals surface area contributed by atoms with Crippen LogP contribution >= 0.6 is 24.0 Å². The van der Waals surface area contributed by atoms with Gasteiger partial charge in [0.1, 0.15) is 5.75 Å². The van der Waals surface area contributed by atoms with Gasteiger partial charge in [0.15, 0.2) is 5.96 Å². The fourth-order valence-corrected chi connectivity index (χ4v) is 2.83. The number of hydrogen-bond acceptors (Lipinski definition) is 4. The fraction of sp³-hybridized carbons (Fsp3) is 0.348. The summed E-state index contributed by atoms with van der Waals surface area (Å²) in [7, 11) is 6.74. The molecule has 2 rings (SSSR count). The molecule has 9 heteroatoms. The molecule has 0 aliphatic rings. The molecule has 0 fully saturated rings.